The molecule has 0 saturated heterocycles. The molecule has 0 saturated carbocycles. The number of hydrogen-bond donors (Lipinski definition) is 1. The molecule has 0 fully saturated rings. The SMILES string of the molecule is COc1ccc(CNc2nc(-c3ccccc3)nn2S(=O)(=O)c2ccc(C)cc2)cc1. The first-order valence-electron chi connectivity index (χ1n) is 9.69. The number of aryl methyl sites for hydroxylation is 1. The average Bonchev–Trinajstić information content (AvgIpc) is 3.24. The largest absolute Gasteiger partial charge is 0.497 e. The molecule has 4 rings (SSSR count). The second kappa shape index (κ2) is 8.61. The number of anilines is 1. The van der Waals surface area contributed by atoms with Gasteiger partial charge >= 0.3 is 0 Å². The monoisotopic (exact) mass is 434 g/mol. The van der Waals surface area contributed by atoms with Crippen LogP contribution in [-0.2, 0) is 16.6 Å². The van der Waals surface area contributed by atoms with Gasteiger partial charge in [-0.15, -0.1) is 9.19 Å². The summed E-state index contributed by atoms with van der Waals surface area (Å²) in [5, 5.41) is 7.44. The van der Waals surface area contributed by atoms with E-state index in [9.17, 15) is 8.42 Å². The Kier molecular flexibility index (Phi) is 5.73. The number of rotatable bonds is 7. The van der Waals surface area contributed by atoms with Gasteiger partial charge in [-0.3, -0.25) is 0 Å². The first-order chi connectivity index (χ1) is 15.0. The topological polar surface area (TPSA) is 86.1 Å². The maximum absolute atomic E-state index is 13.3. The summed E-state index contributed by atoms with van der Waals surface area (Å²) in [5.74, 6) is 1.23. The number of nitrogens with one attached hydrogen (secondary N) is 1. The van der Waals surface area contributed by atoms with Gasteiger partial charge in [-0.1, -0.05) is 60.2 Å². The van der Waals surface area contributed by atoms with Crippen molar-refractivity contribution in [1.29, 1.82) is 0 Å². The van der Waals surface area contributed by atoms with E-state index >= 15 is 0 Å². The molecular formula is C23H22N4O3S. The van der Waals surface area contributed by atoms with Gasteiger partial charge in [-0.25, -0.2) is 0 Å². The average molecular weight is 435 g/mol. The van der Waals surface area contributed by atoms with Crippen molar-refractivity contribution in [3.05, 3.63) is 90.0 Å². The zero-order valence-corrected chi connectivity index (χ0v) is 18.0. The molecular weight excluding hydrogens is 412 g/mol. The lowest BCUT2D eigenvalue weighted by atomic mass is 10.2. The summed E-state index contributed by atoms with van der Waals surface area (Å²) >= 11 is 0. The molecule has 158 valence electrons. The van der Waals surface area contributed by atoms with Crippen LogP contribution in [0.15, 0.2) is 83.8 Å². The zero-order valence-electron chi connectivity index (χ0n) is 17.2. The van der Waals surface area contributed by atoms with Crippen LogP contribution in [0.2, 0.25) is 0 Å². The standard InChI is InChI=1S/C23H22N4O3S/c1-17-8-14-21(15-9-17)31(28,29)27-23(24-16-18-10-12-20(30-2)13-11-18)25-22(26-27)19-6-4-3-5-7-19/h3-15H,16H2,1-2H3,(H,24,25,26). The number of benzene rings is 3. The summed E-state index contributed by atoms with van der Waals surface area (Å²) in [7, 11) is -2.32. The molecule has 0 unspecified atom stereocenters. The predicted molar refractivity (Wildman–Crippen MR) is 120 cm³/mol. The van der Waals surface area contributed by atoms with Crippen LogP contribution >= 0.6 is 0 Å². The lowest BCUT2D eigenvalue weighted by Crippen LogP contribution is -2.18. The van der Waals surface area contributed by atoms with Gasteiger partial charge in [0.1, 0.15) is 5.75 Å². The van der Waals surface area contributed by atoms with Crippen molar-refractivity contribution in [3.8, 4) is 17.1 Å². The Balaban J connectivity index is 1.71. The Morgan fingerprint density at radius 1 is 0.935 bits per heavy atom. The molecule has 0 bridgehead atoms. The quantitative estimate of drug-likeness (QED) is 0.471. The fourth-order valence-electron chi connectivity index (χ4n) is 3.02. The lowest BCUT2D eigenvalue weighted by molar-refractivity contribution is 0.414. The van der Waals surface area contributed by atoms with Crippen LogP contribution in [0.4, 0.5) is 5.95 Å². The van der Waals surface area contributed by atoms with Crippen LogP contribution in [-0.4, -0.2) is 29.7 Å². The predicted octanol–water partition coefficient (Wildman–Crippen LogP) is 4.11. The van der Waals surface area contributed by atoms with E-state index in [2.05, 4.69) is 15.4 Å². The molecule has 1 N–H and O–H groups in total. The number of methoxy groups -OCH3 is 1. The van der Waals surface area contributed by atoms with E-state index in [0.29, 0.717) is 12.4 Å². The van der Waals surface area contributed by atoms with Gasteiger partial charge < -0.3 is 10.1 Å². The maximum Gasteiger partial charge on any atom is 0.286 e. The minimum atomic E-state index is -3.93. The Morgan fingerprint density at radius 2 is 1.61 bits per heavy atom. The Hall–Kier alpha value is -3.65. The highest BCUT2D eigenvalue weighted by Gasteiger charge is 2.24. The van der Waals surface area contributed by atoms with Crippen molar-refractivity contribution in [2.24, 2.45) is 0 Å². The van der Waals surface area contributed by atoms with Gasteiger partial charge in [-0.2, -0.15) is 13.4 Å². The number of hydrogen-bond acceptors (Lipinski definition) is 6. The molecule has 0 radical (unpaired) electrons. The van der Waals surface area contributed by atoms with Crippen molar-refractivity contribution in [3.63, 3.8) is 0 Å². The molecule has 0 spiro atoms. The highest BCUT2D eigenvalue weighted by Crippen LogP contribution is 2.23. The van der Waals surface area contributed by atoms with Crippen LogP contribution in [0.3, 0.4) is 0 Å². The minimum Gasteiger partial charge on any atom is -0.497 e. The molecule has 31 heavy (non-hydrogen) atoms. The fourth-order valence-corrected chi connectivity index (χ4v) is 4.22. The molecule has 0 atom stereocenters. The van der Waals surface area contributed by atoms with Gasteiger partial charge in [0.2, 0.25) is 5.95 Å². The maximum atomic E-state index is 13.3. The van der Waals surface area contributed by atoms with Gasteiger partial charge in [0, 0.05) is 12.1 Å². The molecule has 7 nitrogen and oxygen atoms in total. The van der Waals surface area contributed by atoms with Crippen molar-refractivity contribution < 1.29 is 13.2 Å². The third kappa shape index (κ3) is 4.44. The second-order valence-electron chi connectivity index (χ2n) is 6.99. The van der Waals surface area contributed by atoms with Gasteiger partial charge in [0.25, 0.3) is 10.0 Å². The fraction of sp³-hybridized carbons (Fsp3) is 0.130. The molecule has 0 amide bonds. The molecule has 1 heterocycles. The molecule has 0 aliphatic heterocycles. The van der Waals surface area contributed by atoms with Gasteiger partial charge in [-0.05, 0) is 36.8 Å². The summed E-state index contributed by atoms with van der Waals surface area (Å²) in [6, 6.07) is 23.4. The molecule has 8 heteroatoms. The van der Waals surface area contributed by atoms with Crippen LogP contribution in [0.25, 0.3) is 11.4 Å². The van der Waals surface area contributed by atoms with E-state index in [1.54, 1.807) is 31.4 Å². The first kappa shape index (κ1) is 20.6. The summed E-state index contributed by atoms with van der Waals surface area (Å²) in [5.41, 5.74) is 2.65. The Bertz CT molecular complexity index is 1270. The first-order valence-corrected chi connectivity index (χ1v) is 11.1. The Morgan fingerprint density at radius 3 is 2.26 bits per heavy atom. The molecule has 3 aromatic carbocycles. The van der Waals surface area contributed by atoms with E-state index in [0.717, 1.165) is 26.5 Å². The lowest BCUT2D eigenvalue weighted by Gasteiger charge is -2.10. The van der Waals surface area contributed by atoms with Crippen LogP contribution in [0.1, 0.15) is 11.1 Å². The van der Waals surface area contributed by atoms with E-state index < -0.39 is 10.0 Å². The summed E-state index contributed by atoms with van der Waals surface area (Å²) in [6.07, 6.45) is 0. The van der Waals surface area contributed by atoms with Gasteiger partial charge in [0.05, 0.1) is 12.0 Å². The number of aromatic nitrogens is 3. The molecule has 4 aromatic rings. The van der Waals surface area contributed by atoms with E-state index in [4.69, 9.17) is 4.74 Å². The van der Waals surface area contributed by atoms with Crippen molar-refractivity contribution in [2.75, 3.05) is 12.4 Å². The van der Waals surface area contributed by atoms with Gasteiger partial charge in [0.15, 0.2) is 5.82 Å². The third-order valence-electron chi connectivity index (χ3n) is 4.77. The Labute approximate surface area is 181 Å². The molecule has 0 aliphatic rings. The van der Waals surface area contributed by atoms with E-state index in [-0.39, 0.29) is 10.8 Å². The molecule has 0 aliphatic carbocycles. The second-order valence-corrected chi connectivity index (χ2v) is 8.76. The van der Waals surface area contributed by atoms with Crippen LogP contribution in [0.5, 0.6) is 5.75 Å². The zero-order chi connectivity index (χ0) is 21.8. The van der Waals surface area contributed by atoms with Crippen LogP contribution in [0, 0.1) is 6.92 Å². The van der Waals surface area contributed by atoms with Crippen molar-refractivity contribution in [1.82, 2.24) is 14.2 Å². The normalized spacial score (nSPS) is 11.3. The van der Waals surface area contributed by atoms with Crippen molar-refractivity contribution in [2.45, 2.75) is 18.4 Å². The number of ether oxygens (including phenoxy) is 1. The summed E-state index contributed by atoms with van der Waals surface area (Å²) < 4.78 is 32.8. The van der Waals surface area contributed by atoms with E-state index in [1.807, 2.05) is 61.5 Å². The smallest absolute Gasteiger partial charge is 0.286 e. The van der Waals surface area contributed by atoms with E-state index in [1.165, 1.54) is 0 Å². The summed E-state index contributed by atoms with van der Waals surface area (Å²) in [6.45, 7) is 2.28. The van der Waals surface area contributed by atoms with Crippen molar-refractivity contribution >= 4 is 16.0 Å². The number of nitrogens with zero attached hydrogens (tertiary/aromatic N) is 3. The third-order valence-corrected chi connectivity index (χ3v) is 6.34. The molecule has 1 aromatic heterocycles. The highest BCUT2D eigenvalue weighted by molar-refractivity contribution is 7.90. The summed E-state index contributed by atoms with van der Waals surface area (Å²) in [4.78, 5) is 4.62. The van der Waals surface area contributed by atoms with Crippen LogP contribution < -0.4 is 10.1 Å². The minimum absolute atomic E-state index is 0.148. The highest BCUT2D eigenvalue weighted by atomic mass is 32.2.